The number of rotatable bonds is 7. The maximum absolute atomic E-state index is 11.8. The Morgan fingerprint density at radius 2 is 2.05 bits per heavy atom. The fourth-order valence-corrected chi connectivity index (χ4v) is 2.56. The third kappa shape index (κ3) is 4.44. The molecule has 0 radical (unpaired) electrons. The van der Waals surface area contributed by atoms with Gasteiger partial charge in [-0.1, -0.05) is 6.92 Å². The lowest BCUT2D eigenvalue weighted by molar-refractivity contribution is -0.139. The minimum Gasteiger partial charge on any atom is -0.482 e. The molecule has 1 unspecified atom stereocenters. The predicted octanol–water partition coefficient (Wildman–Crippen LogP) is 1.19. The maximum Gasteiger partial charge on any atom is 0.341 e. The fraction of sp³-hybridized carbons (Fsp3) is 0.333. The van der Waals surface area contributed by atoms with Crippen LogP contribution >= 0.6 is 0 Å². The summed E-state index contributed by atoms with van der Waals surface area (Å²) in [5.41, 5.74) is 0.279. The minimum atomic E-state index is -3.76. The third-order valence-electron chi connectivity index (χ3n) is 2.37. The van der Waals surface area contributed by atoms with Crippen LogP contribution in [0.25, 0.3) is 0 Å². The van der Waals surface area contributed by atoms with E-state index < -0.39 is 27.8 Å². The lowest BCUT2D eigenvalue weighted by atomic mass is 10.3. The number of sulfonamides is 1. The average molecular weight is 298 g/mol. The maximum atomic E-state index is 11.8. The molecule has 1 rings (SSSR count). The Morgan fingerprint density at radius 3 is 2.50 bits per heavy atom. The largest absolute Gasteiger partial charge is 0.482 e. The van der Waals surface area contributed by atoms with Gasteiger partial charge in [-0.2, -0.15) is 5.26 Å². The van der Waals surface area contributed by atoms with Crippen LogP contribution in [0.15, 0.2) is 24.3 Å². The van der Waals surface area contributed by atoms with Gasteiger partial charge in [0.15, 0.2) is 11.9 Å². The molecule has 0 heterocycles. The highest BCUT2D eigenvalue weighted by Gasteiger charge is 2.23. The van der Waals surface area contributed by atoms with E-state index in [0.717, 1.165) is 0 Å². The van der Waals surface area contributed by atoms with Crippen molar-refractivity contribution in [3.8, 4) is 11.8 Å². The highest BCUT2D eigenvalue weighted by Crippen LogP contribution is 2.18. The second-order valence-electron chi connectivity index (χ2n) is 3.88. The number of carbonyl (C=O) groups is 1. The van der Waals surface area contributed by atoms with Crippen LogP contribution in [0.2, 0.25) is 0 Å². The molecule has 0 aliphatic rings. The van der Waals surface area contributed by atoms with Gasteiger partial charge in [0.25, 0.3) is 0 Å². The summed E-state index contributed by atoms with van der Waals surface area (Å²) in [4.78, 5) is 10.3. The van der Waals surface area contributed by atoms with E-state index in [2.05, 4.69) is 4.72 Å². The zero-order valence-electron chi connectivity index (χ0n) is 10.7. The van der Waals surface area contributed by atoms with Gasteiger partial charge in [0.2, 0.25) is 10.0 Å². The van der Waals surface area contributed by atoms with Gasteiger partial charge in [-0.25, -0.2) is 13.2 Å². The minimum absolute atomic E-state index is 0.186. The summed E-state index contributed by atoms with van der Waals surface area (Å²) in [6.45, 7) is 1.13. The molecule has 7 nitrogen and oxygen atoms in total. The number of nitrogens with one attached hydrogen (secondary N) is 1. The van der Waals surface area contributed by atoms with Crippen molar-refractivity contribution < 1.29 is 23.1 Å². The molecular formula is C12H14N2O5S. The number of hydrogen-bond acceptors (Lipinski definition) is 5. The molecule has 1 aromatic carbocycles. The molecule has 8 heteroatoms. The first kappa shape index (κ1) is 15.8. The number of carboxylic acids is 1. The highest BCUT2D eigenvalue weighted by atomic mass is 32.2. The molecule has 0 amide bonds. The quantitative estimate of drug-likeness (QED) is 0.781. The summed E-state index contributed by atoms with van der Waals surface area (Å²) in [6, 6.07) is 7.45. The van der Waals surface area contributed by atoms with Crippen LogP contribution in [0, 0.1) is 11.3 Å². The van der Waals surface area contributed by atoms with Crippen LogP contribution in [0.3, 0.4) is 0 Å². The smallest absolute Gasteiger partial charge is 0.341 e. The Bertz CT molecular complexity index is 604. The molecule has 0 aliphatic heterocycles. The van der Waals surface area contributed by atoms with Crippen LogP contribution in [0.5, 0.6) is 5.75 Å². The first-order chi connectivity index (χ1) is 9.39. The van der Waals surface area contributed by atoms with Gasteiger partial charge >= 0.3 is 5.97 Å². The van der Waals surface area contributed by atoms with Gasteiger partial charge in [-0.05, 0) is 30.7 Å². The van der Waals surface area contributed by atoms with E-state index in [1.807, 2.05) is 0 Å². The van der Waals surface area contributed by atoms with Crippen LogP contribution < -0.4 is 9.46 Å². The van der Waals surface area contributed by atoms with Gasteiger partial charge in [-0.15, -0.1) is 0 Å². The topological polar surface area (TPSA) is 116 Å². The second-order valence-corrected chi connectivity index (χ2v) is 5.74. The molecule has 20 heavy (non-hydrogen) atoms. The highest BCUT2D eigenvalue weighted by molar-refractivity contribution is 7.93. The Balaban J connectivity index is 2.75. The Labute approximate surface area is 116 Å². The molecule has 0 aliphatic carbocycles. The molecule has 108 valence electrons. The summed E-state index contributed by atoms with van der Waals surface area (Å²) in [6.07, 6.45) is 0.186. The molecule has 0 saturated carbocycles. The van der Waals surface area contributed by atoms with Crippen molar-refractivity contribution in [1.29, 1.82) is 5.26 Å². The van der Waals surface area contributed by atoms with Crippen molar-refractivity contribution in [3.63, 3.8) is 0 Å². The van der Waals surface area contributed by atoms with Crippen molar-refractivity contribution in [1.82, 2.24) is 0 Å². The number of aliphatic carboxylic acids is 1. The summed E-state index contributed by atoms with van der Waals surface area (Å²) in [7, 11) is -3.76. The SMILES string of the molecule is CCC(C#N)S(=O)(=O)Nc1ccc(OCC(=O)O)cc1. The first-order valence-electron chi connectivity index (χ1n) is 5.75. The average Bonchev–Trinajstić information content (AvgIpc) is 2.38. The number of ether oxygens (including phenoxy) is 1. The number of anilines is 1. The zero-order valence-corrected chi connectivity index (χ0v) is 11.6. The molecule has 1 aromatic rings. The fourth-order valence-electron chi connectivity index (χ4n) is 1.38. The van der Waals surface area contributed by atoms with Crippen molar-refractivity contribution >= 4 is 21.7 Å². The Hall–Kier alpha value is -2.27. The van der Waals surface area contributed by atoms with Gasteiger partial charge in [-0.3, -0.25) is 4.72 Å². The lowest BCUT2D eigenvalue weighted by Crippen LogP contribution is -2.25. The van der Waals surface area contributed by atoms with E-state index >= 15 is 0 Å². The normalized spacial score (nSPS) is 12.2. The van der Waals surface area contributed by atoms with E-state index in [1.165, 1.54) is 24.3 Å². The lowest BCUT2D eigenvalue weighted by Gasteiger charge is -2.11. The van der Waals surface area contributed by atoms with E-state index in [0.29, 0.717) is 5.75 Å². The van der Waals surface area contributed by atoms with Crippen LogP contribution in [0.4, 0.5) is 5.69 Å². The van der Waals surface area contributed by atoms with Gasteiger partial charge < -0.3 is 9.84 Å². The summed E-state index contributed by atoms with van der Waals surface area (Å²) >= 11 is 0. The van der Waals surface area contributed by atoms with Gasteiger partial charge in [0.05, 0.1) is 6.07 Å². The third-order valence-corrected chi connectivity index (χ3v) is 4.07. The molecule has 0 bridgehead atoms. The summed E-state index contributed by atoms with van der Waals surface area (Å²) in [5.74, 6) is -0.794. The number of benzene rings is 1. The van der Waals surface area contributed by atoms with E-state index in [1.54, 1.807) is 13.0 Å². The monoisotopic (exact) mass is 298 g/mol. The number of nitrogens with zero attached hydrogens (tertiary/aromatic N) is 1. The molecule has 0 saturated heterocycles. The summed E-state index contributed by atoms with van der Waals surface area (Å²) in [5, 5.41) is 16.1. The van der Waals surface area contributed by atoms with Crippen molar-refractivity contribution in [2.75, 3.05) is 11.3 Å². The predicted molar refractivity (Wildman–Crippen MR) is 71.8 cm³/mol. The van der Waals surface area contributed by atoms with E-state index in [-0.39, 0.29) is 12.1 Å². The van der Waals surface area contributed by atoms with Crippen molar-refractivity contribution in [2.24, 2.45) is 0 Å². The van der Waals surface area contributed by atoms with Gasteiger partial charge in [0.1, 0.15) is 5.75 Å². The van der Waals surface area contributed by atoms with E-state index in [9.17, 15) is 13.2 Å². The Kier molecular flexibility index (Phi) is 5.34. The molecular weight excluding hydrogens is 284 g/mol. The summed E-state index contributed by atoms with van der Waals surface area (Å²) < 4.78 is 30.8. The van der Waals surface area contributed by atoms with Crippen LogP contribution in [0.1, 0.15) is 13.3 Å². The second kappa shape index (κ2) is 6.77. The van der Waals surface area contributed by atoms with Crippen molar-refractivity contribution in [3.05, 3.63) is 24.3 Å². The van der Waals surface area contributed by atoms with Crippen molar-refractivity contribution in [2.45, 2.75) is 18.6 Å². The van der Waals surface area contributed by atoms with Gasteiger partial charge in [0, 0.05) is 5.69 Å². The zero-order chi connectivity index (χ0) is 15.2. The van der Waals surface area contributed by atoms with Crippen LogP contribution in [-0.2, 0) is 14.8 Å². The molecule has 1 atom stereocenters. The Morgan fingerprint density at radius 1 is 1.45 bits per heavy atom. The molecule has 0 spiro atoms. The molecule has 2 N–H and O–H groups in total. The number of hydrogen-bond donors (Lipinski definition) is 2. The first-order valence-corrected chi connectivity index (χ1v) is 7.29. The number of carboxylic acid groups (broad SMARTS) is 1. The standard InChI is InChI=1S/C12H14N2O5S/c1-2-11(7-13)20(17,18)14-9-3-5-10(6-4-9)19-8-12(15)16/h3-6,11,14H,2,8H2,1H3,(H,15,16). The molecule has 0 fully saturated rings. The van der Waals surface area contributed by atoms with Crippen LogP contribution in [-0.4, -0.2) is 31.4 Å². The number of nitriles is 1. The molecule has 0 aromatic heterocycles. The van der Waals surface area contributed by atoms with E-state index in [4.69, 9.17) is 15.1 Å².